The molecular formula is C5H12N2O2. The molecule has 3 N–H and O–H groups in total. The minimum atomic E-state index is -0.0662. The lowest BCUT2D eigenvalue weighted by Crippen LogP contribution is -2.32. The lowest BCUT2D eigenvalue weighted by molar-refractivity contribution is -0.119. The first-order chi connectivity index (χ1) is 4.31. The molecule has 0 atom stereocenters. The minimum Gasteiger partial charge on any atom is -0.395 e. The van der Waals surface area contributed by atoms with Crippen LogP contribution in [0.15, 0.2) is 0 Å². The Balaban J connectivity index is 2.97. The van der Waals surface area contributed by atoms with Gasteiger partial charge >= 0.3 is 0 Å². The summed E-state index contributed by atoms with van der Waals surface area (Å²) in [6.45, 7) is 0.807. The normalized spacial score (nSPS) is 9.11. The lowest BCUT2D eigenvalue weighted by Gasteiger charge is -1.99. The van der Waals surface area contributed by atoms with Crippen molar-refractivity contribution in [3.8, 4) is 0 Å². The van der Waals surface area contributed by atoms with E-state index in [2.05, 4.69) is 10.6 Å². The van der Waals surface area contributed by atoms with Crippen molar-refractivity contribution in [1.29, 1.82) is 0 Å². The number of aliphatic hydroxyl groups is 1. The van der Waals surface area contributed by atoms with Gasteiger partial charge in [0.15, 0.2) is 0 Å². The van der Waals surface area contributed by atoms with E-state index in [9.17, 15) is 4.79 Å². The molecule has 0 radical (unpaired) electrons. The molecule has 0 unspecified atom stereocenters. The van der Waals surface area contributed by atoms with Crippen molar-refractivity contribution in [3.63, 3.8) is 0 Å². The van der Waals surface area contributed by atoms with E-state index in [1.54, 1.807) is 7.05 Å². The van der Waals surface area contributed by atoms with Gasteiger partial charge in [0.1, 0.15) is 0 Å². The van der Waals surface area contributed by atoms with Gasteiger partial charge in [0.05, 0.1) is 13.2 Å². The van der Waals surface area contributed by atoms with Gasteiger partial charge in [-0.05, 0) is 0 Å². The molecule has 4 nitrogen and oxygen atoms in total. The van der Waals surface area contributed by atoms with Crippen LogP contribution in [-0.4, -0.2) is 37.8 Å². The maximum atomic E-state index is 10.4. The second-order valence-corrected chi connectivity index (χ2v) is 1.57. The van der Waals surface area contributed by atoms with Crippen LogP contribution < -0.4 is 10.6 Å². The Hall–Kier alpha value is -0.610. The molecule has 0 fully saturated rings. The summed E-state index contributed by atoms with van der Waals surface area (Å²) >= 11 is 0. The average Bonchev–Trinajstić information content (AvgIpc) is 1.89. The molecule has 4 heteroatoms. The van der Waals surface area contributed by atoms with E-state index in [4.69, 9.17) is 5.11 Å². The van der Waals surface area contributed by atoms with Crippen LogP contribution in [0.3, 0.4) is 0 Å². The zero-order valence-corrected chi connectivity index (χ0v) is 5.48. The highest BCUT2D eigenvalue weighted by atomic mass is 16.3. The zero-order chi connectivity index (χ0) is 7.11. The highest BCUT2D eigenvalue weighted by Crippen LogP contribution is 1.59. The van der Waals surface area contributed by atoms with Crippen LogP contribution >= 0.6 is 0 Å². The fraction of sp³-hybridized carbons (Fsp3) is 0.800. The fourth-order valence-corrected chi connectivity index (χ4v) is 0.369. The molecule has 0 rings (SSSR count). The number of carbonyl (C=O) groups excluding carboxylic acids is 1. The molecule has 0 spiro atoms. The van der Waals surface area contributed by atoms with E-state index in [-0.39, 0.29) is 19.1 Å². The van der Waals surface area contributed by atoms with E-state index >= 15 is 0 Å². The summed E-state index contributed by atoms with van der Waals surface area (Å²) in [6, 6.07) is 0. The van der Waals surface area contributed by atoms with Gasteiger partial charge in [-0.3, -0.25) is 4.79 Å². The minimum absolute atomic E-state index is 0.0662. The van der Waals surface area contributed by atoms with Gasteiger partial charge in [0.2, 0.25) is 5.91 Å². The van der Waals surface area contributed by atoms with Crippen LogP contribution in [0.1, 0.15) is 0 Å². The molecule has 0 aliphatic carbocycles. The molecule has 9 heavy (non-hydrogen) atoms. The number of hydrogen-bond donors (Lipinski definition) is 3. The van der Waals surface area contributed by atoms with E-state index in [1.165, 1.54) is 0 Å². The van der Waals surface area contributed by atoms with E-state index < -0.39 is 0 Å². The van der Waals surface area contributed by atoms with Crippen molar-refractivity contribution in [3.05, 3.63) is 0 Å². The zero-order valence-electron chi connectivity index (χ0n) is 5.48. The molecule has 0 aromatic rings. The van der Waals surface area contributed by atoms with Crippen molar-refractivity contribution >= 4 is 5.91 Å². The Labute approximate surface area is 54.3 Å². The average molecular weight is 132 g/mol. The number of nitrogens with one attached hydrogen (secondary N) is 2. The van der Waals surface area contributed by atoms with E-state index in [0.29, 0.717) is 6.54 Å². The predicted octanol–water partition coefficient (Wildman–Crippen LogP) is -1.69. The monoisotopic (exact) mass is 132 g/mol. The van der Waals surface area contributed by atoms with Crippen LogP contribution in [0.2, 0.25) is 0 Å². The van der Waals surface area contributed by atoms with Crippen LogP contribution in [0.25, 0.3) is 0 Å². The molecule has 0 heterocycles. The fourth-order valence-electron chi connectivity index (χ4n) is 0.369. The summed E-state index contributed by atoms with van der Waals surface area (Å²) in [5.41, 5.74) is 0. The summed E-state index contributed by atoms with van der Waals surface area (Å²) < 4.78 is 0. The number of aliphatic hydroxyl groups excluding tert-OH is 1. The Morgan fingerprint density at radius 3 is 2.78 bits per heavy atom. The lowest BCUT2D eigenvalue weighted by atomic mass is 10.5. The summed E-state index contributed by atoms with van der Waals surface area (Å²) in [4.78, 5) is 10.4. The van der Waals surface area contributed by atoms with Gasteiger partial charge in [0.25, 0.3) is 0 Å². The van der Waals surface area contributed by atoms with Gasteiger partial charge < -0.3 is 15.7 Å². The molecule has 0 aliphatic heterocycles. The van der Waals surface area contributed by atoms with Crippen LogP contribution in [0.5, 0.6) is 0 Å². The molecule has 0 saturated carbocycles. The van der Waals surface area contributed by atoms with Gasteiger partial charge in [-0.25, -0.2) is 0 Å². The van der Waals surface area contributed by atoms with Gasteiger partial charge in [0, 0.05) is 13.6 Å². The predicted molar refractivity (Wildman–Crippen MR) is 34.0 cm³/mol. The van der Waals surface area contributed by atoms with Gasteiger partial charge in [-0.1, -0.05) is 0 Å². The third-order valence-corrected chi connectivity index (χ3v) is 0.853. The van der Waals surface area contributed by atoms with Crippen LogP contribution in [-0.2, 0) is 4.79 Å². The summed E-state index contributed by atoms with van der Waals surface area (Å²) in [5, 5.41) is 13.4. The number of amides is 1. The molecular weight excluding hydrogens is 120 g/mol. The van der Waals surface area contributed by atoms with Crippen LogP contribution in [0.4, 0.5) is 0 Å². The van der Waals surface area contributed by atoms with Crippen LogP contribution in [0, 0.1) is 0 Å². The van der Waals surface area contributed by atoms with Crippen molar-refractivity contribution in [2.75, 3.05) is 26.7 Å². The molecule has 0 aliphatic rings. The first kappa shape index (κ1) is 8.39. The van der Waals surface area contributed by atoms with E-state index in [1.807, 2.05) is 0 Å². The third kappa shape index (κ3) is 5.26. The Bertz CT molecular complexity index is 85.0. The molecule has 0 bridgehead atoms. The van der Waals surface area contributed by atoms with Crippen molar-refractivity contribution in [2.45, 2.75) is 0 Å². The summed E-state index contributed by atoms with van der Waals surface area (Å²) in [5.74, 6) is -0.0662. The highest BCUT2D eigenvalue weighted by molar-refractivity contribution is 5.77. The van der Waals surface area contributed by atoms with E-state index in [0.717, 1.165) is 0 Å². The number of likely N-dealkylation sites (N-methyl/N-ethyl adjacent to an activating group) is 1. The topological polar surface area (TPSA) is 61.4 Å². The quantitative estimate of drug-likeness (QED) is 0.400. The van der Waals surface area contributed by atoms with Crippen molar-refractivity contribution in [2.24, 2.45) is 0 Å². The Morgan fingerprint density at radius 2 is 2.33 bits per heavy atom. The first-order valence-electron chi connectivity index (χ1n) is 2.83. The standard InChI is InChI=1S/C5H12N2O2/c1-6-5(9)4-7-2-3-8/h7-8H,2-4H2,1H3,(H,6,9). The Kier molecular flexibility index (Phi) is 5.15. The number of rotatable bonds is 4. The molecule has 54 valence electrons. The van der Waals surface area contributed by atoms with Crippen molar-refractivity contribution in [1.82, 2.24) is 10.6 Å². The summed E-state index contributed by atoms with van der Waals surface area (Å²) in [6.07, 6.45) is 0. The SMILES string of the molecule is CNC(=O)CNCCO. The maximum Gasteiger partial charge on any atom is 0.233 e. The molecule has 0 saturated heterocycles. The molecule has 1 amide bonds. The highest BCUT2D eigenvalue weighted by Gasteiger charge is 1.92. The largest absolute Gasteiger partial charge is 0.395 e. The third-order valence-electron chi connectivity index (χ3n) is 0.853. The van der Waals surface area contributed by atoms with Crippen molar-refractivity contribution < 1.29 is 9.90 Å². The second-order valence-electron chi connectivity index (χ2n) is 1.57. The Morgan fingerprint density at radius 1 is 1.67 bits per heavy atom. The second kappa shape index (κ2) is 5.53. The van der Waals surface area contributed by atoms with Gasteiger partial charge in [-0.2, -0.15) is 0 Å². The molecule has 0 aromatic carbocycles. The first-order valence-corrected chi connectivity index (χ1v) is 2.83. The number of hydrogen-bond acceptors (Lipinski definition) is 3. The molecule has 0 aromatic heterocycles. The number of carbonyl (C=O) groups is 1. The maximum absolute atomic E-state index is 10.4. The smallest absolute Gasteiger partial charge is 0.233 e. The van der Waals surface area contributed by atoms with Gasteiger partial charge in [-0.15, -0.1) is 0 Å². The summed E-state index contributed by atoms with van der Waals surface area (Å²) in [7, 11) is 1.57.